The molecule has 1 aliphatic heterocycles. The molecule has 0 aromatic heterocycles. The summed E-state index contributed by atoms with van der Waals surface area (Å²) in [5, 5.41) is 6.75. The highest BCUT2D eigenvalue weighted by Crippen LogP contribution is 2.22. The highest BCUT2D eigenvalue weighted by Gasteiger charge is 2.17. The second-order valence-electron chi connectivity index (χ2n) is 4.49. The van der Waals surface area contributed by atoms with Gasteiger partial charge in [0.15, 0.2) is 0 Å². The van der Waals surface area contributed by atoms with Crippen LogP contribution in [0.2, 0.25) is 0 Å². The van der Waals surface area contributed by atoms with E-state index >= 15 is 0 Å². The van der Waals surface area contributed by atoms with E-state index in [1.165, 1.54) is 0 Å². The second-order valence-corrected chi connectivity index (χ2v) is 4.49. The van der Waals surface area contributed by atoms with Crippen molar-refractivity contribution in [1.82, 2.24) is 0 Å². The van der Waals surface area contributed by atoms with Gasteiger partial charge in [0, 0.05) is 18.5 Å². The van der Waals surface area contributed by atoms with Gasteiger partial charge < -0.3 is 4.74 Å². The third-order valence-corrected chi connectivity index (χ3v) is 3.26. The summed E-state index contributed by atoms with van der Waals surface area (Å²) in [4.78, 5) is 0. The third kappa shape index (κ3) is 2.45. The molecule has 3 heteroatoms. The molecular weight excluding hydrogens is 236 g/mol. The molecule has 3 rings (SSSR count). The lowest BCUT2D eigenvalue weighted by Crippen LogP contribution is -2.11. The molecular formula is C16H16N2O. The minimum Gasteiger partial charge on any atom is -0.497 e. The second kappa shape index (κ2) is 5.14. The number of hydrogen-bond donors (Lipinski definition) is 0. The molecule has 0 aliphatic carbocycles. The monoisotopic (exact) mass is 252 g/mol. The standard InChI is InChI=1S/C16H16N2O/c1-19-15-9-5-6-13(12-15)16-10-11-18(17-16)14-7-3-2-4-8-14/h2-9,12H,10-11H2,1H3. The van der Waals surface area contributed by atoms with Gasteiger partial charge in [0.2, 0.25) is 0 Å². The molecule has 0 spiro atoms. The van der Waals surface area contributed by atoms with E-state index in [1.54, 1.807) is 7.11 Å². The van der Waals surface area contributed by atoms with E-state index in [-0.39, 0.29) is 0 Å². The lowest BCUT2D eigenvalue weighted by Gasteiger charge is -2.12. The number of hydrazone groups is 1. The normalized spacial score (nSPS) is 14.4. The summed E-state index contributed by atoms with van der Waals surface area (Å²) in [6.45, 7) is 0.927. The van der Waals surface area contributed by atoms with Crippen LogP contribution in [-0.4, -0.2) is 19.4 Å². The van der Waals surface area contributed by atoms with Crippen molar-refractivity contribution in [2.75, 3.05) is 18.7 Å². The molecule has 0 unspecified atom stereocenters. The Bertz CT molecular complexity index is 593. The fourth-order valence-corrected chi connectivity index (χ4v) is 2.25. The van der Waals surface area contributed by atoms with Gasteiger partial charge in [-0.3, -0.25) is 5.01 Å². The van der Waals surface area contributed by atoms with E-state index in [1.807, 2.05) is 36.4 Å². The van der Waals surface area contributed by atoms with E-state index < -0.39 is 0 Å². The zero-order chi connectivity index (χ0) is 13.1. The highest BCUT2D eigenvalue weighted by molar-refractivity contribution is 6.03. The molecule has 3 nitrogen and oxygen atoms in total. The zero-order valence-corrected chi connectivity index (χ0v) is 10.9. The molecule has 0 N–H and O–H groups in total. The van der Waals surface area contributed by atoms with Gasteiger partial charge in [-0.2, -0.15) is 5.10 Å². The Morgan fingerprint density at radius 1 is 1.05 bits per heavy atom. The SMILES string of the molecule is COc1cccc(C2=NN(c3ccccc3)CC2)c1. The minimum absolute atomic E-state index is 0.873. The highest BCUT2D eigenvalue weighted by atomic mass is 16.5. The number of rotatable bonds is 3. The molecule has 1 aliphatic rings. The zero-order valence-electron chi connectivity index (χ0n) is 10.9. The molecule has 2 aromatic carbocycles. The van der Waals surface area contributed by atoms with Crippen molar-refractivity contribution in [1.29, 1.82) is 0 Å². The van der Waals surface area contributed by atoms with Gasteiger partial charge in [-0.25, -0.2) is 0 Å². The van der Waals surface area contributed by atoms with Crippen LogP contribution >= 0.6 is 0 Å². The van der Waals surface area contributed by atoms with Crippen molar-refractivity contribution in [2.24, 2.45) is 5.10 Å². The predicted molar refractivity (Wildman–Crippen MR) is 77.9 cm³/mol. The van der Waals surface area contributed by atoms with Crippen molar-refractivity contribution in [3.63, 3.8) is 0 Å². The maximum absolute atomic E-state index is 5.26. The smallest absolute Gasteiger partial charge is 0.119 e. The van der Waals surface area contributed by atoms with Gasteiger partial charge in [0.25, 0.3) is 0 Å². The number of ether oxygens (including phenoxy) is 1. The molecule has 0 bridgehead atoms. The Kier molecular flexibility index (Phi) is 3.19. The largest absolute Gasteiger partial charge is 0.497 e. The van der Waals surface area contributed by atoms with Crippen molar-refractivity contribution in [3.05, 3.63) is 60.2 Å². The van der Waals surface area contributed by atoms with Gasteiger partial charge >= 0.3 is 0 Å². The lowest BCUT2D eigenvalue weighted by molar-refractivity contribution is 0.414. The van der Waals surface area contributed by atoms with E-state index in [0.29, 0.717) is 0 Å². The molecule has 0 saturated heterocycles. The first-order valence-electron chi connectivity index (χ1n) is 6.41. The summed E-state index contributed by atoms with van der Waals surface area (Å²) in [6.07, 6.45) is 0.960. The molecule has 1 heterocycles. The maximum atomic E-state index is 5.26. The van der Waals surface area contributed by atoms with Crippen molar-refractivity contribution >= 4 is 11.4 Å². The number of nitrogens with zero attached hydrogens (tertiary/aromatic N) is 2. The van der Waals surface area contributed by atoms with Crippen LogP contribution < -0.4 is 9.75 Å². The van der Waals surface area contributed by atoms with Crippen LogP contribution in [0.5, 0.6) is 5.75 Å². The topological polar surface area (TPSA) is 24.8 Å². The summed E-state index contributed by atoms with van der Waals surface area (Å²) >= 11 is 0. The fraction of sp³-hybridized carbons (Fsp3) is 0.188. The molecule has 19 heavy (non-hydrogen) atoms. The van der Waals surface area contributed by atoms with E-state index in [2.05, 4.69) is 23.2 Å². The Morgan fingerprint density at radius 3 is 2.68 bits per heavy atom. The van der Waals surface area contributed by atoms with E-state index in [4.69, 9.17) is 9.84 Å². The van der Waals surface area contributed by atoms with Crippen LogP contribution in [0.1, 0.15) is 12.0 Å². The van der Waals surface area contributed by atoms with Gasteiger partial charge in [0.1, 0.15) is 5.75 Å². The predicted octanol–water partition coefficient (Wildman–Crippen LogP) is 3.31. The van der Waals surface area contributed by atoms with Gasteiger partial charge in [0.05, 0.1) is 18.5 Å². The van der Waals surface area contributed by atoms with Crippen LogP contribution in [0.3, 0.4) is 0 Å². The minimum atomic E-state index is 0.873. The van der Waals surface area contributed by atoms with Crippen LogP contribution in [0.4, 0.5) is 5.69 Å². The quantitative estimate of drug-likeness (QED) is 0.837. The molecule has 0 amide bonds. The van der Waals surface area contributed by atoms with Crippen molar-refractivity contribution in [3.8, 4) is 5.75 Å². The number of benzene rings is 2. The summed E-state index contributed by atoms with van der Waals surface area (Å²) in [6, 6.07) is 18.3. The van der Waals surface area contributed by atoms with Gasteiger partial charge in [-0.1, -0.05) is 30.3 Å². The Hall–Kier alpha value is -2.29. The number of anilines is 1. The fourth-order valence-electron chi connectivity index (χ4n) is 2.25. The summed E-state index contributed by atoms with van der Waals surface area (Å²) in [5.74, 6) is 0.873. The number of para-hydroxylation sites is 1. The Morgan fingerprint density at radius 2 is 1.89 bits per heavy atom. The molecule has 0 saturated carbocycles. The van der Waals surface area contributed by atoms with Gasteiger partial charge in [-0.15, -0.1) is 0 Å². The van der Waals surface area contributed by atoms with Crippen molar-refractivity contribution < 1.29 is 4.74 Å². The molecule has 0 fully saturated rings. The van der Waals surface area contributed by atoms with Crippen LogP contribution in [-0.2, 0) is 0 Å². The average Bonchev–Trinajstić information content (AvgIpc) is 2.98. The van der Waals surface area contributed by atoms with E-state index in [0.717, 1.165) is 35.7 Å². The van der Waals surface area contributed by atoms with Crippen LogP contribution in [0.15, 0.2) is 59.7 Å². The van der Waals surface area contributed by atoms with Crippen molar-refractivity contribution in [2.45, 2.75) is 6.42 Å². The first-order valence-corrected chi connectivity index (χ1v) is 6.41. The molecule has 96 valence electrons. The third-order valence-electron chi connectivity index (χ3n) is 3.26. The Balaban J connectivity index is 1.87. The van der Waals surface area contributed by atoms with E-state index in [9.17, 15) is 0 Å². The number of hydrogen-bond acceptors (Lipinski definition) is 3. The molecule has 0 atom stereocenters. The summed E-state index contributed by atoms with van der Waals surface area (Å²) in [7, 11) is 1.69. The first-order chi connectivity index (χ1) is 9.36. The average molecular weight is 252 g/mol. The first kappa shape index (κ1) is 11.8. The Labute approximate surface area is 113 Å². The number of methoxy groups -OCH3 is 1. The van der Waals surface area contributed by atoms with Crippen LogP contribution in [0.25, 0.3) is 0 Å². The van der Waals surface area contributed by atoms with Gasteiger partial charge in [-0.05, 0) is 24.3 Å². The lowest BCUT2D eigenvalue weighted by atomic mass is 10.1. The summed E-state index contributed by atoms with van der Waals surface area (Å²) < 4.78 is 5.26. The summed E-state index contributed by atoms with van der Waals surface area (Å²) in [5.41, 5.74) is 3.39. The maximum Gasteiger partial charge on any atom is 0.119 e. The van der Waals surface area contributed by atoms with Crippen LogP contribution in [0, 0.1) is 0 Å². The molecule has 0 radical (unpaired) electrons. The molecule has 2 aromatic rings.